The Labute approximate surface area is 169 Å². The molecule has 0 spiro atoms. The van der Waals surface area contributed by atoms with Crippen LogP contribution in [-0.4, -0.2) is 79.2 Å². The van der Waals surface area contributed by atoms with Crippen molar-refractivity contribution in [2.24, 2.45) is 5.92 Å². The summed E-state index contributed by atoms with van der Waals surface area (Å²) in [6.07, 6.45) is 0.761. The molecule has 3 atom stereocenters. The predicted octanol–water partition coefficient (Wildman–Crippen LogP) is -0.492. The third-order valence-corrected chi connectivity index (χ3v) is 4.91. The lowest BCUT2D eigenvalue weighted by atomic mass is 10.1. The topological polar surface area (TPSA) is 151 Å². The molecular formula is C17H34AlN3O6. The molecule has 1 aliphatic rings. The number of rotatable bonds is 5. The van der Waals surface area contributed by atoms with Gasteiger partial charge in [-0.3, -0.25) is 9.59 Å². The predicted molar refractivity (Wildman–Crippen MR) is 103 cm³/mol. The van der Waals surface area contributed by atoms with Crippen molar-refractivity contribution in [1.29, 1.82) is 0 Å². The van der Waals surface area contributed by atoms with Crippen molar-refractivity contribution in [2.45, 2.75) is 77.0 Å². The number of ether oxygens (including phenoxy) is 1. The van der Waals surface area contributed by atoms with E-state index in [1.807, 2.05) is 13.8 Å². The minimum atomic E-state index is -0.750. The van der Waals surface area contributed by atoms with Crippen LogP contribution < -0.4 is 10.6 Å². The highest BCUT2D eigenvalue weighted by molar-refractivity contribution is 6.13. The molecule has 156 valence electrons. The van der Waals surface area contributed by atoms with Crippen molar-refractivity contribution in [3.05, 3.63) is 0 Å². The first-order valence-electron chi connectivity index (χ1n) is 8.78. The van der Waals surface area contributed by atoms with Gasteiger partial charge < -0.3 is 31.2 Å². The van der Waals surface area contributed by atoms with Crippen LogP contribution in [0.3, 0.4) is 0 Å². The van der Waals surface area contributed by atoms with Gasteiger partial charge in [-0.1, -0.05) is 13.8 Å². The number of carbonyl (C=O) groups is 3. The molecule has 27 heavy (non-hydrogen) atoms. The fraction of sp³-hybridized carbons (Fsp3) is 0.824. The fourth-order valence-corrected chi connectivity index (χ4v) is 2.69. The molecule has 6 N–H and O–H groups in total. The van der Waals surface area contributed by atoms with Gasteiger partial charge in [-0.25, -0.2) is 4.79 Å². The number of alkyl carbamates (subject to hydrolysis) is 1. The molecule has 9 nitrogen and oxygen atoms in total. The van der Waals surface area contributed by atoms with E-state index >= 15 is 0 Å². The Hall–Kier alpha value is -1.34. The lowest BCUT2D eigenvalue weighted by molar-refractivity contribution is -0.139. The van der Waals surface area contributed by atoms with E-state index in [2.05, 4.69) is 26.9 Å². The number of carbonyl (C=O) groups excluding carboxylic acids is 3. The molecule has 3 amide bonds. The first-order valence-corrected chi connectivity index (χ1v) is 9.45. The lowest BCUT2D eigenvalue weighted by Gasteiger charge is -2.29. The summed E-state index contributed by atoms with van der Waals surface area (Å²) in [5.74, 6) is -0.135. The SMILES string of the molecule is CC(C)[C@@H]([Al])NC(=O)[C@@H]1CCCN1C(=O)[C@H](C)NC(=O)OC(C)(C)C.O.O. The van der Waals surface area contributed by atoms with Crippen LogP contribution >= 0.6 is 0 Å². The molecule has 1 heterocycles. The second-order valence-corrected chi connectivity index (χ2v) is 8.55. The summed E-state index contributed by atoms with van der Waals surface area (Å²) in [5, 5.41) is 5.48. The van der Waals surface area contributed by atoms with E-state index in [4.69, 9.17) is 4.74 Å². The standard InChI is InChI=1S/C17H30N3O4.Al.2H2O/c1-11(2)10-18-14(21)13-8-7-9-20(13)15(22)12(3)19-16(23)24-17(4,5)6;;;/h10-13H,7-9H2,1-6H3,(H,18,21)(H,19,23);;2*1H2/t12-,13-;;;/m0.../s1. The maximum absolute atomic E-state index is 12.7. The Morgan fingerprint density at radius 1 is 1.11 bits per heavy atom. The molecule has 0 aliphatic carbocycles. The van der Waals surface area contributed by atoms with Gasteiger partial charge in [0.25, 0.3) is 0 Å². The average Bonchev–Trinajstić information content (AvgIpc) is 2.93. The van der Waals surface area contributed by atoms with E-state index in [9.17, 15) is 14.4 Å². The molecule has 1 fully saturated rings. The molecule has 0 aromatic rings. The molecule has 0 aromatic carbocycles. The van der Waals surface area contributed by atoms with E-state index < -0.39 is 23.8 Å². The molecule has 1 saturated heterocycles. The smallest absolute Gasteiger partial charge is 0.408 e. The highest BCUT2D eigenvalue weighted by atomic mass is 27.0. The zero-order chi connectivity index (χ0) is 19.4. The van der Waals surface area contributed by atoms with E-state index in [1.165, 1.54) is 0 Å². The van der Waals surface area contributed by atoms with Crippen molar-refractivity contribution >= 4 is 34.2 Å². The molecule has 0 bridgehead atoms. The number of hydrogen-bond donors (Lipinski definition) is 2. The lowest BCUT2D eigenvalue weighted by Crippen LogP contribution is -2.54. The number of hydrogen-bond acceptors (Lipinski definition) is 4. The van der Waals surface area contributed by atoms with Gasteiger partial charge in [0.1, 0.15) is 17.7 Å². The zero-order valence-corrected chi connectivity index (χ0v) is 18.2. The van der Waals surface area contributed by atoms with E-state index in [1.54, 1.807) is 32.6 Å². The normalized spacial score (nSPS) is 18.6. The van der Waals surface area contributed by atoms with Crippen LogP contribution in [0.2, 0.25) is 0 Å². The van der Waals surface area contributed by atoms with Gasteiger partial charge in [-0.2, -0.15) is 0 Å². The van der Waals surface area contributed by atoms with Crippen LogP contribution in [0.15, 0.2) is 0 Å². The maximum Gasteiger partial charge on any atom is 0.408 e. The molecule has 2 radical (unpaired) electrons. The van der Waals surface area contributed by atoms with Crippen molar-refractivity contribution in [2.75, 3.05) is 6.54 Å². The largest absolute Gasteiger partial charge is 0.444 e. The van der Waals surface area contributed by atoms with Gasteiger partial charge >= 0.3 is 6.09 Å². The third-order valence-electron chi connectivity index (χ3n) is 3.97. The number of amides is 3. The first-order chi connectivity index (χ1) is 11.4. The Morgan fingerprint density at radius 3 is 2.15 bits per heavy atom. The van der Waals surface area contributed by atoms with Gasteiger partial charge in [-0.05, 0) is 51.4 Å². The molecule has 0 saturated carbocycles. The molecule has 0 unspecified atom stereocenters. The van der Waals surface area contributed by atoms with Crippen LogP contribution in [-0.2, 0) is 14.3 Å². The molecule has 10 heteroatoms. The van der Waals surface area contributed by atoms with Crippen LogP contribution in [0, 0.1) is 5.92 Å². The summed E-state index contributed by atoms with van der Waals surface area (Å²) in [7, 11) is 0. The Bertz CT molecular complexity index is 509. The first kappa shape index (κ1) is 27.9. The summed E-state index contributed by atoms with van der Waals surface area (Å²) in [6, 6.07) is -1.24. The van der Waals surface area contributed by atoms with Gasteiger partial charge in [0.15, 0.2) is 16.3 Å². The Morgan fingerprint density at radius 2 is 1.67 bits per heavy atom. The molecule has 1 aliphatic heterocycles. The van der Waals surface area contributed by atoms with Crippen LogP contribution in [0.5, 0.6) is 0 Å². The second-order valence-electron chi connectivity index (χ2n) is 7.84. The minimum Gasteiger partial charge on any atom is -0.444 e. The van der Waals surface area contributed by atoms with Crippen LogP contribution in [0.1, 0.15) is 54.4 Å². The maximum atomic E-state index is 12.7. The highest BCUT2D eigenvalue weighted by Crippen LogP contribution is 2.19. The summed E-state index contributed by atoms with van der Waals surface area (Å²) < 4.78 is 5.17. The van der Waals surface area contributed by atoms with Gasteiger partial charge in [0, 0.05) is 6.54 Å². The Balaban J connectivity index is 0. The quantitative estimate of drug-likeness (QED) is 0.595. The number of nitrogens with one attached hydrogen (secondary N) is 2. The van der Waals surface area contributed by atoms with Crippen molar-refractivity contribution in [1.82, 2.24) is 15.5 Å². The third kappa shape index (κ3) is 8.93. The fourth-order valence-electron chi connectivity index (χ4n) is 2.53. The summed E-state index contributed by atoms with van der Waals surface area (Å²) >= 11 is 2.61. The van der Waals surface area contributed by atoms with Crippen molar-refractivity contribution in [3.63, 3.8) is 0 Å². The molecule has 1 rings (SSSR count). The highest BCUT2D eigenvalue weighted by Gasteiger charge is 2.37. The van der Waals surface area contributed by atoms with Crippen LogP contribution in [0.25, 0.3) is 0 Å². The van der Waals surface area contributed by atoms with E-state index in [0.717, 1.165) is 6.42 Å². The van der Waals surface area contributed by atoms with E-state index in [-0.39, 0.29) is 33.6 Å². The van der Waals surface area contributed by atoms with Crippen LogP contribution in [0.4, 0.5) is 4.79 Å². The number of likely N-dealkylation sites (tertiary alicyclic amines) is 1. The monoisotopic (exact) mass is 403 g/mol. The van der Waals surface area contributed by atoms with Gasteiger partial charge in [0.05, 0.1) is 0 Å². The summed E-state index contributed by atoms with van der Waals surface area (Å²) in [5.41, 5.74) is -0.631. The van der Waals surface area contributed by atoms with E-state index in [0.29, 0.717) is 13.0 Å². The van der Waals surface area contributed by atoms with Crippen molar-refractivity contribution < 1.29 is 30.1 Å². The molecular weight excluding hydrogens is 369 g/mol. The minimum absolute atomic E-state index is 0. The number of nitrogens with zero attached hydrogens (tertiary/aromatic N) is 1. The zero-order valence-electron chi connectivity index (χ0n) is 17.1. The second kappa shape index (κ2) is 11.5. The average molecular weight is 403 g/mol. The van der Waals surface area contributed by atoms with Gasteiger partial charge in [0.2, 0.25) is 11.8 Å². The van der Waals surface area contributed by atoms with Gasteiger partial charge in [-0.15, -0.1) is 0 Å². The molecule has 0 aromatic heterocycles. The van der Waals surface area contributed by atoms with Crippen molar-refractivity contribution in [3.8, 4) is 0 Å². The summed E-state index contributed by atoms with van der Waals surface area (Å²) in [4.78, 5) is 38.5. The Kier molecular flexibility index (Phi) is 11.9. The summed E-state index contributed by atoms with van der Waals surface area (Å²) in [6.45, 7) is 11.4.